The van der Waals surface area contributed by atoms with Gasteiger partial charge in [-0.15, -0.1) is 0 Å². The van der Waals surface area contributed by atoms with Crippen molar-refractivity contribution in [3.63, 3.8) is 0 Å². The second-order valence-electron chi connectivity index (χ2n) is 5.49. The molecule has 120 valence electrons. The summed E-state index contributed by atoms with van der Waals surface area (Å²) < 4.78 is 0. The van der Waals surface area contributed by atoms with Crippen molar-refractivity contribution in [3.8, 4) is 5.75 Å². The Hall–Kier alpha value is -2.98. The van der Waals surface area contributed by atoms with Crippen LogP contribution in [0.25, 0.3) is 18.2 Å². The van der Waals surface area contributed by atoms with Gasteiger partial charge in [0, 0.05) is 0 Å². The fraction of sp³-hybridized carbons (Fsp3) is 0.100. The molecule has 0 aliphatic heterocycles. The monoisotopic (exact) mass is 318 g/mol. The van der Waals surface area contributed by atoms with Crippen molar-refractivity contribution in [1.29, 1.82) is 0 Å². The minimum atomic E-state index is -0.377. The van der Waals surface area contributed by atoms with Crippen LogP contribution in [0, 0.1) is 0 Å². The number of phenolic OH excluding ortho intramolecular Hbond substituents is 1. The zero-order chi connectivity index (χ0) is 16.8. The molecular weight excluding hydrogens is 300 g/mol. The summed E-state index contributed by atoms with van der Waals surface area (Å²) in [6.45, 7) is 0. The predicted molar refractivity (Wildman–Crippen MR) is 95.9 cm³/mol. The number of benzene rings is 1. The summed E-state index contributed by atoms with van der Waals surface area (Å²) in [5.41, 5.74) is 3.66. The summed E-state index contributed by atoms with van der Waals surface area (Å²) in [4.78, 5) is 8.47. The summed E-state index contributed by atoms with van der Waals surface area (Å²) in [5.74, 6) is 0.250. The highest BCUT2D eigenvalue weighted by Gasteiger charge is 2.02. The molecule has 0 amide bonds. The van der Waals surface area contributed by atoms with E-state index in [4.69, 9.17) is 0 Å². The number of hydrogen-bond donors (Lipinski definition) is 2. The number of aliphatic hydroxyl groups excluding tert-OH is 1. The molecule has 2 N–H and O–H groups in total. The van der Waals surface area contributed by atoms with Gasteiger partial charge in [0.05, 0.1) is 17.5 Å². The first-order valence-corrected chi connectivity index (χ1v) is 7.73. The van der Waals surface area contributed by atoms with Crippen LogP contribution in [-0.2, 0) is 0 Å². The molecule has 1 unspecified atom stereocenters. The number of allylic oxidation sites excluding steroid dienone is 3. The van der Waals surface area contributed by atoms with E-state index in [0.717, 1.165) is 22.5 Å². The number of aromatic hydroxyl groups is 1. The second-order valence-corrected chi connectivity index (χ2v) is 5.49. The third kappa shape index (κ3) is 4.51. The van der Waals surface area contributed by atoms with Gasteiger partial charge >= 0.3 is 0 Å². The van der Waals surface area contributed by atoms with Crippen LogP contribution in [-0.4, -0.2) is 26.3 Å². The second kappa shape index (κ2) is 7.53. The van der Waals surface area contributed by atoms with E-state index in [9.17, 15) is 10.2 Å². The number of aromatic nitrogens is 2. The van der Waals surface area contributed by atoms with Gasteiger partial charge in [0.15, 0.2) is 0 Å². The minimum Gasteiger partial charge on any atom is -0.508 e. The molecule has 1 aliphatic rings. The van der Waals surface area contributed by atoms with Crippen molar-refractivity contribution < 1.29 is 10.2 Å². The fourth-order valence-corrected chi connectivity index (χ4v) is 2.27. The SMILES string of the molecule is Oc1ccc(C=Cc2cc(C=CC3=CCC(O)C=C3)ncn2)cc1. The lowest BCUT2D eigenvalue weighted by atomic mass is 10.0. The quantitative estimate of drug-likeness (QED) is 0.903. The molecule has 3 rings (SSSR count). The van der Waals surface area contributed by atoms with Crippen LogP contribution in [0.3, 0.4) is 0 Å². The Balaban J connectivity index is 1.70. The zero-order valence-corrected chi connectivity index (χ0v) is 13.1. The Bertz CT molecular complexity index is 818. The van der Waals surface area contributed by atoms with Gasteiger partial charge in [-0.05, 0) is 47.9 Å². The fourth-order valence-electron chi connectivity index (χ4n) is 2.27. The van der Waals surface area contributed by atoms with E-state index in [1.165, 1.54) is 6.33 Å². The molecule has 24 heavy (non-hydrogen) atoms. The number of rotatable bonds is 4. The maximum Gasteiger partial charge on any atom is 0.116 e. The van der Waals surface area contributed by atoms with Gasteiger partial charge in [-0.25, -0.2) is 9.97 Å². The van der Waals surface area contributed by atoms with E-state index in [2.05, 4.69) is 9.97 Å². The summed E-state index contributed by atoms with van der Waals surface area (Å²) in [5, 5.41) is 18.7. The van der Waals surface area contributed by atoms with Crippen LogP contribution in [0.2, 0.25) is 0 Å². The molecule has 1 aromatic carbocycles. The molecule has 0 bridgehead atoms. The normalized spacial score (nSPS) is 17.5. The summed E-state index contributed by atoms with van der Waals surface area (Å²) in [7, 11) is 0. The Morgan fingerprint density at radius 1 is 0.958 bits per heavy atom. The Labute approximate surface area is 140 Å². The standard InChI is InChI=1S/C20H18N2O2/c23-19-9-3-15(4-10-19)1-7-17-13-18(22-14-21-17)8-2-16-5-11-20(24)12-6-16/h1-11,13-14,20,23-24H,12H2. The molecule has 4 nitrogen and oxygen atoms in total. The molecule has 2 aromatic rings. The average Bonchev–Trinajstić information content (AvgIpc) is 2.61. The van der Waals surface area contributed by atoms with Crippen LogP contribution in [0.1, 0.15) is 23.4 Å². The van der Waals surface area contributed by atoms with Gasteiger partial charge < -0.3 is 10.2 Å². The van der Waals surface area contributed by atoms with Crippen LogP contribution in [0.15, 0.2) is 66.5 Å². The van der Waals surface area contributed by atoms with Crippen LogP contribution in [0.4, 0.5) is 0 Å². The summed E-state index contributed by atoms with van der Waals surface area (Å²) >= 11 is 0. The maximum absolute atomic E-state index is 9.42. The first-order valence-electron chi connectivity index (χ1n) is 7.73. The van der Waals surface area contributed by atoms with Crippen molar-refractivity contribution in [2.75, 3.05) is 0 Å². The summed E-state index contributed by atoms with van der Waals surface area (Å²) in [6.07, 6.45) is 15.2. The number of aliphatic hydroxyl groups is 1. The zero-order valence-electron chi connectivity index (χ0n) is 13.1. The van der Waals surface area contributed by atoms with Gasteiger partial charge in [0.2, 0.25) is 0 Å². The smallest absolute Gasteiger partial charge is 0.116 e. The maximum atomic E-state index is 9.42. The molecule has 4 heteroatoms. The van der Waals surface area contributed by atoms with Crippen molar-refractivity contribution in [1.82, 2.24) is 9.97 Å². The molecule has 1 aromatic heterocycles. The first kappa shape index (κ1) is 15.9. The molecular formula is C20H18N2O2. The molecule has 1 heterocycles. The van der Waals surface area contributed by atoms with Gasteiger partial charge in [0.25, 0.3) is 0 Å². The van der Waals surface area contributed by atoms with Gasteiger partial charge in [-0.1, -0.05) is 42.5 Å². The number of phenols is 1. The van der Waals surface area contributed by atoms with Crippen molar-refractivity contribution in [3.05, 3.63) is 83.5 Å². The van der Waals surface area contributed by atoms with Gasteiger partial charge in [-0.2, -0.15) is 0 Å². The average molecular weight is 318 g/mol. The highest BCUT2D eigenvalue weighted by atomic mass is 16.3. The molecule has 1 aliphatic carbocycles. The predicted octanol–water partition coefficient (Wildman–Crippen LogP) is 3.61. The van der Waals surface area contributed by atoms with Crippen LogP contribution >= 0.6 is 0 Å². The van der Waals surface area contributed by atoms with E-state index >= 15 is 0 Å². The lowest BCUT2D eigenvalue weighted by molar-refractivity contribution is 0.225. The van der Waals surface area contributed by atoms with Crippen LogP contribution < -0.4 is 0 Å². The molecule has 0 saturated heterocycles. The van der Waals surface area contributed by atoms with E-state index in [1.54, 1.807) is 18.2 Å². The van der Waals surface area contributed by atoms with E-state index in [0.29, 0.717) is 6.42 Å². The lowest BCUT2D eigenvalue weighted by Gasteiger charge is -2.07. The molecule has 0 radical (unpaired) electrons. The Morgan fingerprint density at radius 3 is 2.33 bits per heavy atom. The Morgan fingerprint density at radius 2 is 1.67 bits per heavy atom. The number of nitrogens with zero attached hydrogens (tertiary/aromatic N) is 2. The minimum absolute atomic E-state index is 0.250. The van der Waals surface area contributed by atoms with Crippen molar-refractivity contribution >= 4 is 18.2 Å². The highest BCUT2D eigenvalue weighted by Crippen LogP contribution is 2.14. The molecule has 0 saturated carbocycles. The molecule has 0 fully saturated rings. The first-order chi connectivity index (χ1) is 11.7. The van der Waals surface area contributed by atoms with Gasteiger partial charge in [0.1, 0.15) is 12.1 Å². The van der Waals surface area contributed by atoms with Crippen molar-refractivity contribution in [2.45, 2.75) is 12.5 Å². The highest BCUT2D eigenvalue weighted by molar-refractivity contribution is 5.69. The van der Waals surface area contributed by atoms with Gasteiger partial charge in [-0.3, -0.25) is 0 Å². The lowest BCUT2D eigenvalue weighted by Crippen LogP contribution is -2.03. The van der Waals surface area contributed by atoms with Crippen LogP contribution in [0.5, 0.6) is 5.75 Å². The summed E-state index contributed by atoms with van der Waals surface area (Å²) in [6, 6.07) is 8.87. The largest absolute Gasteiger partial charge is 0.508 e. The molecule has 0 spiro atoms. The van der Waals surface area contributed by atoms with Crippen molar-refractivity contribution in [2.24, 2.45) is 0 Å². The third-order valence-corrected chi connectivity index (χ3v) is 3.60. The third-order valence-electron chi connectivity index (χ3n) is 3.60. The van der Waals surface area contributed by atoms with E-state index in [-0.39, 0.29) is 11.9 Å². The topological polar surface area (TPSA) is 66.2 Å². The molecule has 1 atom stereocenters. The Kier molecular flexibility index (Phi) is 4.99. The number of hydrogen-bond acceptors (Lipinski definition) is 4. The van der Waals surface area contributed by atoms with E-state index in [1.807, 2.05) is 54.7 Å². The van der Waals surface area contributed by atoms with E-state index < -0.39 is 0 Å².